The number of nitrogens with zero attached hydrogens (tertiary/aromatic N) is 3. The molecular formula is C12H15ClN4OS. The van der Waals surface area contributed by atoms with Crippen LogP contribution in [0.2, 0.25) is 5.02 Å². The quantitative estimate of drug-likeness (QED) is 0.859. The first kappa shape index (κ1) is 14.0. The second-order valence-electron chi connectivity index (χ2n) is 4.08. The van der Waals surface area contributed by atoms with Crippen molar-refractivity contribution in [1.29, 1.82) is 0 Å². The van der Waals surface area contributed by atoms with Crippen molar-refractivity contribution < 1.29 is 4.21 Å². The Morgan fingerprint density at radius 1 is 1.47 bits per heavy atom. The zero-order valence-corrected chi connectivity index (χ0v) is 12.1. The second kappa shape index (κ2) is 6.16. The van der Waals surface area contributed by atoms with E-state index in [4.69, 9.17) is 17.3 Å². The number of hydrogen-bond donors (Lipinski definition) is 1. The fourth-order valence-corrected chi connectivity index (χ4v) is 3.23. The zero-order chi connectivity index (χ0) is 13.8. The monoisotopic (exact) mass is 298 g/mol. The van der Waals surface area contributed by atoms with Crippen LogP contribution >= 0.6 is 11.6 Å². The summed E-state index contributed by atoms with van der Waals surface area (Å²) < 4.78 is 14.1. The topological polar surface area (TPSA) is 73.8 Å². The Hall–Kier alpha value is -1.40. The summed E-state index contributed by atoms with van der Waals surface area (Å²) in [6, 6.07) is 4.97. The smallest absolute Gasteiger partial charge is 0.139 e. The summed E-state index contributed by atoms with van der Waals surface area (Å²) in [6.45, 7) is 2.81. The fraction of sp³-hybridized carbons (Fsp3) is 0.333. The Morgan fingerprint density at radius 3 is 3.00 bits per heavy atom. The highest BCUT2D eigenvalue weighted by atomic mass is 35.5. The molecule has 1 heterocycles. The molecule has 0 amide bonds. The third-order valence-corrected chi connectivity index (χ3v) is 4.38. The van der Waals surface area contributed by atoms with E-state index in [9.17, 15) is 4.21 Å². The van der Waals surface area contributed by atoms with Crippen LogP contribution < -0.4 is 5.73 Å². The van der Waals surface area contributed by atoms with Crippen molar-refractivity contribution in [2.24, 2.45) is 0 Å². The van der Waals surface area contributed by atoms with Crippen molar-refractivity contribution in [3.8, 4) is 0 Å². The van der Waals surface area contributed by atoms with Crippen LogP contribution in [-0.4, -0.2) is 19.0 Å². The predicted octanol–water partition coefficient (Wildman–Crippen LogP) is 2.23. The average molecular weight is 299 g/mol. The molecule has 0 aliphatic heterocycles. The third kappa shape index (κ3) is 3.33. The Bertz CT molecular complexity index is 599. The van der Waals surface area contributed by atoms with Crippen molar-refractivity contribution in [1.82, 2.24) is 14.8 Å². The second-order valence-corrected chi connectivity index (χ2v) is 5.91. The van der Waals surface area contributed by atoms with Crippen LogP contribution in [0.3, 0.4) is 0 Å². The maximum Gasteiger partial charge on any atom is 0.139 e. The van der Waals surface area contributed by atoms with Crippen LogP contribution in [-0.2, 0) is 23.1 Å². The molecule has 7 heteroatoms. The lowest BCUT2D eigenvalue weighted by Crippen LogP contribution is -2.08. The van der Waals surface area contributed by atoms with Crippen LogP contribution in [0.15, 0.2) is 29.4 Å². The molecule has 0 aliphatic rings. The molecule has 1 unspecified atom stereocenters. The molecule has 2 rings (SSSR count). The van der Waals surface area contributed by atoms with Gasteiger partial charge in [0, 0.05) is 12.2 Å². The summed E-state index contributed by atoms with van der Waals surface area (Å²) in [5, 5.41) is 4.56. The molecular weight excluding hydrogens is 284 g/mol. The number of aryl methyl sites for hydroxylation is 1. The molecule has 1 aromatic heterocycles. The van der Waals surface area contributed by atoms with E-state index < -0.39 is 10.8 Å². The van der Waals surface area contributed by atoms with E-state index >= 15 is 0 Å². The first-order valence-electron chi connectivity index (χ1n) is 5.92. The number of anilines is 1. The van der Waals surface area contributed by atoms with Crippen LogP contribution in [0.25, 0.3) is 0 Å². The first-order valence-corrected chi connectivity index (χ1v) is 7.61. The Balaban J connectivity index is 2.21. The third-order valence-electron chi connectivity index (χ3n) is 2.59. The minimum absolute atomic E-state index is 0.281. The van der Waals surface area contributed by atoms with Gasteiger partial charge in [0.1, 0.15) is 12.2 Å². The molecule has 19 heavy (non-hydrogen) atoms. The molecule has 0 saturated carbocycles. The average Bonchev–Trinajstić information content (AvgIpc) is 2.80. The van der Waals surface area contributed by atoms with E-state index in [0.717, 1.165) is 13.0 Å². The van der Waals surface area contributed by atoms with Gasteiger partial charge in [-0.2, -0.15) is 5.10 Å². The van der Waals surface area contributed by atoms with Crippen LogP contribution in [0, 0.1) is 0 Å². The minimum Gasteiger partial charge on any atom is -0.399 e. The molecule has 1 aromatic carbocycles. The van der Waals surface area contributed by atoms with E-state index in [0.29, 0.717) is 21.4 Å². The fourth-order valence-electron chi connectivity index (χ4n) is 1.69. The summed E-state index contributed by atoms with van der Waals surface area (Å²) in [5.74, 6) is 0.974. The van der Waals surface area contributed by atoms with Gasteiger partial charge in [-0.1, -0.05) is 18.5 Å². The lowest BCUT2D eigenvalue weighted by Gasteiger charge is -2.07. The summed E-state index contributed by atoms with van der Waals surface area (Å²) in [6.07, 6.45) is 2.42. The molecule has 0 radical (unpaired) electrons. The number of halogens is 1. The Kier molecular flexibility index (Phi) is 4.55. The minimum atomic E-state index is -1.28. The predicted molar refractivity (Wildman–Crippen MR) is 76.3 cm³/mol. The molecule has 0 fully saturated rings. The van der Waals surface area contributed by atoms with E-state index in [2.05, 4.69) is 17.0 Å². The van der Waals surface area contributed by atoms with Gasteiger partial charge in [-0.3, -0.25) is 4.21 Å². The molecule has 0 spiro atoms. The largest absolute Gasteiger partial charge is 0.399 e. The van der Waals surface area contributed by atoms with Crippen LogP contribution in [0.1, 0.15) is 19.2 Å². The molecule has 102 valence electrons. The first-order chi connectivity index (χ1) is 9.11. The molecule has 0 bridgehead atoms. The van der Waals surface area contributed by atoms with Gasteiger partial charge in [0.2, 0.25) is 0 Å². The van der Waals surface area contributed by atoms with E-state index in [1.807, 2.05) is 0 Å². The molecule has 0 aliphatic carbocycles. The standard InChI is InChI=1S/C12H15ClN4OS/c1-2-5-17-12(15-8-16-17)7-19(18)11-6-9(14)3-4-10(11)13/h3-4,6,8H,2,5,7,14H2,1H3. The summed E-state index contributed by atoms with van der Waals surface area (Å²) in [4.78, 5) is 4.67. The highest BCUT2D eigenvalue weighted by molar-refractivity contribution is 7.84. The number of aromatic nitrogens is 3. The number of rotatable bonds is 5. The summed E-state index contributed by atoms with van der Waals surface area (Å²) in [5.41, 5.74) is 6.23. The van der Waals surface area contributed by atoms with Gasteiger partial charge >= 0.3 is 0 Å². The van der Waals surface area contributed by atoms with Gasteiger partial charge in [0.15, 0.2) is 0 Å². The maximum atomic E-state index is 12.3. The van der Waals surface area contributed by atoms with Gasteiger partial charge in [-0.05, 0) is 24.6 Å². The zero-order valence-electron chi connectivity index (χ0n) is 10.5. The molecule has 2 N–H and O–H groups in total. The Morgan fingerprint density at radius 2 is 2.26 bits per heavy atom. The van der Waals surface area contributed by atoms with E-state index in [1.54, 1.807) is 22.9 Å². The molecule has 5 nitrogen and oxygen atoms in total. The van der Waals surface area contributed by atoms with Crippen LogP contribution in [0.4, 0.5) is 5.69 Å². The molecule has 1 atom stereocenters. The SMILES string of the molecule is CCCn1ncnc1CS(=O)c1cc(N)ccc1Cl. The van der Waals surface area contributed by atoms with Gasteiger partial charge < -0.3 is 5.73 Å². The molecule has 0 saturated heterocycles. The summed E-state index contributed by atoms with van der Waals surface area (Å²) in [7, 11) is -1.28. The van der Waals surface area contributed by atoms with Gasteiger partial charge in [0.25, 0.3) is 0 Å². The van der Waals surface area contributed by atoms with Gasteiger partial charge in [-0.25, -0.2) is 9.67 Å². The van der Waals surface area contributed by atoms with E-state index in [-0.39, 0.29) is 5.75 Å². The number of hydrogen-bond acceptors (Lipinski definition) is 4. The summed E-state index contributed by atoms with van der Waals surface area (Å²) >= 11 is 6.04. The highest BCUT2D eigenvalue weighted by Crippen LogP contribution is 2.23. The highest BCUT2D eigenvalue weighted by Gasteiger charge is 2.13. The lowest BCUT2D eigenvalue weighted by atomic mass is 10.3. The van der Waals surface area contributed by atoms with Gasteiger partial charge in [-0.15, -0.1) is 0 Å². The number of nitrogen functional groups attached to an aromatic ring is 1. The lowest BCUT2D eigenvalue weighted by molar-refractivity contribution is 0.579. The van der Waals surface area contributed by atoms with Crippen LogP contribution in [0.5, 0.6) is 0 Å². The van der Waals surface area contributed by atoms with Crippen molar-refractivity contribution in [3.05, 3.63) is 35.4 Å². The molecule has 2 aromatic rings. The number of nitrogens with two attached hydrogens (primary N) is 1. The van der Waals surface area contributed by atoms with Crippen molar-refractivity contribution in [3.63, 3.8) is 0 Å². The Labute approximate surface area is 119 Å². The van der Waals surface area contributed by atoms with Crippen molar-refractivity contribution in [2.75, 3.05) is 5.73 Å². The number of benzene rings is 1. The normalized spacial score (nSPS) is 12.5. The van der Waals surface area contributed by atoms with Crippen molar-refractivity contribution >= 4 is 28.1 Å². The van der Waals surface area contributed by atoms with Crippen molar-refractivity contribution in [2.45, 2.75) is 30.5 Å². The van der Waals surface area contributed by atoms with Gasteiger partial charge in [0.05, 0.1) is 26.5 Å². The maximum absolute atomic E-state index is 12.3. The van der Waals surface area contributed by atoms with E-state index in [1.165, 1.54) is 6.33 Å².